The molecule has 27 heavy (non-hydrogen) atoms. The summed E-state index contributed by atoms with van der Waals surface area (Å²) < 4.78 is 0. The monoisotopic (exact) mass is 362 g/mol. The van der Waals surface area contributed by atoms with Gasteiger partial charge in [0.1, 0.15) is 5.75 Å². The van der Waals surface area contributed by atoms with Crippen molar-refractivity contribution in [2.45, 2.75) is 62.9 Å². The van der Waals surface area contributed by atoms with Gasteiger partial charge in [0.25, 0.3) is 0 Å². The Labute approximate surface area is 162 Å². The standard InChI is InChI=1S/C24H30N2O/c1-16(17-7-3-2-4-8-17)26-22-14-18-13-21-19-9-5-6-10-24(19,11-12-25-21)20(18)15-23(22)27/h2-4,7-8,14-16,19,21,25-27H,5-6,9-13H2,1H3/t16?,19-,21+,24+/m0/s1. The summed E-state index contributed by atoms with van der Waals surface area (Å²) in [4.78, 5) is 0. The lowest BCUT2D eigenvalue weighted by molar-refractivity contribution is 0.0796. The highest BCUT2D eigenvalue weighted by molar-refractivity contribution is 5.63. The highest BCUT2D eigenvalue weighted by Gasteiger charge is 2.51. The van der Waals surface area contributed by atoms with E-state index in [4.69, 9.17) is 0 Å². The van der Waals surface area contributed by atoms with Gasteiger partial charge in [-0.2, -0.15) is 0 Å². The lowest BCUT2D eigenvalue weighted by Gasteiger charge is -2.56. The highest BCUT2D eigenvalue weighted by Crippen LogP contribution is 2.55. The SMILES string of the molecule is CC(Nc1cc2c(cc1O)[C@@]13CCCC[C@H]1[C@@H](C2)NCC3)c1ccccc1. The van der Waals surface area contributed by atoms with Crippen LogP contribution in [0.25, 0.3) is 0 Å². The number of hydrogen-bond donors (Lipinski definition) is 3. The summed E-state index contributed by atoms with van der Waals surface area (Å²) in [5, 5.41) is 18.2. The van der Waals surface area contributed by atoms with E-state index in [0.29, 0.717) is 17.2 Å². The van der Waals surface area contributed by atoms with Gasteiger partial charge in [-0.1, -0.05) is 43.2 Å². The van der Waals surface area contributed by atoms with Gasteiger partial charge in [-0.3, -0.25) is 0 Å². The van der Waals surface area contributed by atoms with Gasteiger partial charge in [-0.25, -0.2) is 0 Å². The molecule has 3 aliphatic rings. The van der Waals surface area contributed by atoms with E-state index in [2.05, 4.69) is 54.0 Å². The number of rotatable bonds is 3. The summed E-state index contributed by atoms with van der Waals surface area (Å²) in [6, 6.07) is 15.5. The molecular weight excluding hydrogens is 332 g/mol. The predicted molar refractivity (Wildman–Crippen MR) is 110 cm³/mol. The summed E-state index contributed by atoms with van der Waals surface area (Å²) in [6.45, 7) is 3.27. The van der Waals surface area contributed by atoms with Crippen LogP contribution in [-0.2, 0) is 11.8 Å². The van der Waals surface area contributed by atoms with Crippen LogP contribution in [0.1, 0.15) is 61.8 Å². The third kappa shape index (κ3) is 2.75. The van der Waals surface area contributed by atoms with Gasteiger partial charge >= 0.3 is 0 Å². The van der Waals surface area contributed by atoms with E-state index in [1.54, 1.807) is 0 Å². The molecule has 0 aromatic heterocycles. The minimum Gasteiger partial charge on any atom is -0.506 e. The maximum atomic E-state index is 10.9. The van der Waals surface area contributed by atoms with E-state index in [1.807, 2.05) is 6.07 Å². The zero-order valence-corrected chi connectivity index (χ0v) is 16.2. The van der Waals surface area contributed by atoms with Crippen molar-refractivity contribution in [3.8, 4) is 5.75 Å². The quantitative estimate of drug-likeness (QED) is 0.680. The summed E-state index contributed by atoms with van der Waals surface area (Å²) in [5.74, 6) is 1.15. The third-order valence-corrected chi connectivity index (χ3v) is 7.43. The zero-order chi connectivity index (χ0) is 18.4. The molecule has 2 fully saturated rings. The molecule has 0 amide bonds. The molecule has 2 aromatic rings. The Morgan fingerprint density at radius 2 is 2.00 bits per heavy atom. The molecule has 1 heterocycles. The molecular formula is C24H30N2O. The maximum Gasteiger partial charge on any atom is 0.139 e. The van der Waals surface area contributed by atoms with Crippen molar-refractivity contribution in [3.63, 3.8) is 0 Å². The maximum absolute atomic E-state index is 10.9. The minimum absolute atomic E-state index is 0.164. The smallest absolute Gasteiger partial charge is 0.139 e. The fourth-order valence-corrected chi connectivity index (χ4v) is 6.15. The largest absolute Gasteiger partial charge is 0.506 e. The molecule has 0 spiro atoms. The van der Waals surface area contributed by atoms with Crippen LogP contribution in [0.2, 0.25) is 0 Å². The first-order valence-corrected chi connectivity index (χ1v) is 10.6. The topological polar surface area (TPSA) is 44.3 Å². The second kappa shape index (κ2) is 6.56. The molecule has 1 saturated carbocycles. The van der Waals surface area contributed by atoms with Crippen molar-refractivity contribution in [1.82, 2.24) is 5.32 Å². The first-order valence-electron chi connectivity index (χ1n) is 10.6. The minimum atomic E-state index is 0.164. The van der Waals surface area contributed by atoms with Crippen LogP contribution in [0.15, 0.2) is 42.5 Å². The van der Waals surface area contributed by atoms with E-state index in [1.165, 1.54) is 48.8 Å². The van der Waals surface area contributed by atoms with Gasteiger partial charge in [0.05, 0.1) is 5.69 Å². The van der Waals surface area contributed by atoms with Crippen LogP contribution in [0.5, 0.6) is 5.75 Å². The van der Waals surface area contributed by atoms with Crippen molar-refractivity contribution in [3.05, 3.63) is 59.2 Å². The Morgan fingerprint density at radius 1 is 1.15 bits per heavy atom. The summed E-state index contributed by atoms with van der Waals surface area (Å²) in [6.07, 6.45) is 7.62. The molecule has 2 aromatic carbocycles. The molecule has 1 saturated heterocycles. The number of phenolic OH excluding ortho intramolecular Hbond substituents is 1. The number of aromatic hydroxyl groups is 1. The van der Waals surface area contributed by atoms with Crippen LogP contribution >= 0.6 is 0 Å². The summed E-state index contributed by atoms with van der Waals surface area (Å²) in [5.41, 5.74) is 5.28. The lowest BCUT2D eigenvalue weighted by atomic mass is 9.53. The van der Waals surface area contributed by atoms with Crippen LogP contribution in [-0.4, -0.2) is 17.7 Å². The number of hydrogen-bond acceptors (Lipinski definition) is 3. The average molecular weight is 363 g/mol. The molecule has 4 atom stereocenters. The second-order valence-electron chi connectivity index (χ2n) is 8.83. The fourth-order valence-electron chi connectivity index (χ4n) is 6.15. The van der Waals surface area contributed by atoms with Gasteiger partial charge in [-0.05, 0) is 73.9 Å². The van der Waals surface area contributed by atoms with Crippen molar-refractivity contribution in [2.75, 3.05) is 11.9 Å². The van der Waals surface area contributed by atoms with Gasteiger partial charge in [-0.15, -0.1) is 0 Å². The molecule has 142 valence electrons. The molecule has 1 unspecified atom stereocenters. The Morgan fingerprint density at radius 3 is 2.85 bits per heavy atom. The molecule has 5 rings (SSSR count). The Balaban J connectivity index is 1.51. The molecule has 2 aliphatic carbocycles. The number of anilines is 1. The normalized spacial score (nSPS) is 30.1. The van der Waals surface area contributed by atoms with Crippen LogP contribution in [0.3, 0.4) is 0 Å². The summed E-state index contributed by atoms with van der Waals surface area (Å²) in [7, 11) is 0. The van der Waals surface area contributed by atoms with Crippen LogP contribution < -0.4 is 10.6 Å². The Kier molecular flexibility index (Phi) is 4.16. The molecule has 3 N–H and O–H groups in total. The Bertz CT molecular complexity index is 830. The molecule has 3 nitrogen and oxygen atoms in total. The first-order chi connectivity index (χ1) is 13.2. The average Bonchev–Trinajstić information content (AvgIpc) is 2.70. The van der Waals surface area contributed by atoms with E-state index in [-0.39, 0.29) is 6.04 Å². The van der Waals surface area contributed by atoms with Gasteiger partial charge in [0.15, 0.2) is 0 Å². The van der Waals surface area contributed by atoms with E-state index in [0.717, 1.165) is 24.6 Å². The number of nitrogens with one attached hydrogen (secondary N) is 2. The first kappa shape index (κ1) is 17.1. The predicted octanol–water partition coefficient (Wildman–Crippen LogP) is 4.91. The van der Waals surface area contributed by atoms with Crippen molar-refractivity contribution < 1.29 is 5.11 Å². The molecule has 2 bridgehead atoms. The second-order valence-corrected chi connectivity index (χ2v) is 8.83. The van der Waals surface area contributed by atoms with E-state index < -0.39 is 0 Å². The number of benzene rings is 2. The van der Waals surface area contributed by atoms with Gasteiger partial charge in [0.2, 0.25) is 0 Å². The molecule has 1 aliphatic heterocycles. The highest BCUT2D eigenvalue weighted by atomic mass is 16.3. The molecule has 0 radical (unpaired) electrons. The number of phenols is 1. The van der Waals surface area contributed by atoms with Crippen LogP contribution in [0.4, 0.5) is 5.69 Å². The fraction of sp³-hybridized carbons (Fsp3) is 0.500. The number of fused-ring (bicyclic) bond motifs is 1. The lowest BCUT2D eigenvalue weighted by Crippen LogP contribution is -2.59. The number of piperidine rings is 1. The van der Waals surface area contributed by atoms with Crippen molar-refractivity contribution in [1.29, 1.82) is 0 Å². The Hall–Kier alpha value is -2.00. The molecule has 3 heteroatoms. The van der Waals surface area contributed by atoms with Gasteiger partial charge < -0.3 is 15.7 Å². The van der Waals surface area contributed by atoms with Crippen LogP contribution in [0, 0.1) is 5.92 Å². The third-order valence-electron chi connectivity index (χ3n) is 7.43. The van der Waals surface area contributed by atoms with Crippen molar-refractivity contribution >= 4 is 5.69 Å². The van der Waals surface area contributed by atoms with Gasteiger partial charge in [0, 0.05) is 17.5 Å². The van der Waals surface area contributed by atoms with E-state index >= 15 is 0 Å². The summed E-state index contributed by atoms with van der Waals surface area (Å²) >= 11 is 0. The van der Waals surface area contributed by atoms with Crippen molar-refractivity contribution in [2.24, 2.45) is 5.92 Å². The zero-order valence-electron chi connectivity index (χ0n) is 16.2. The van der Waals surface area contributed by atoms with E-state index in [9.17, 15) is 5.11 Å².